The van der Waals surface area contributed by atoms with Crippen molar-refractivity contribution in [2.45, 2.75) is 11.4 Å². The smallest absolute Gasteiger partial charge is 0.261 e. The number of hydrogen-bond acceptors (Lipinski definition) is 3. The van der Waals surface area contributed by atoms with E-state index in [9.17, 15) is 12.8 Å². The Hall–Kier alpha value is -1.44. The zero-order chi connectivity index (χ0) is 14.8. The Bertz CT molecular complexity index is 735. The molecule has 0 fully saturated rings. The Balaban J connectivity index is 2.35. The van der Waals surface area contributed by atoms with Crippen LogP contribution in [0.2, 0.25) is 0 Å². The SMILES string of the molecule is NCc1cccc(S(=O)(=O)Nc2ccc(F)cc2Br)c1. The van der Waals surface area contributed by atoms with Crippen molar-refractivity contribution < 1.29 is 12.8 Å². The lowest BCUT2D eigenvalue weighted by Gasteiger charge is -2.10. The molecule has 2 aromatic carbocycles. The van der Waals surface area contributed by atoms with Gasteiger partial charge in [-0.15, -0.1) is 0 Å². The number of nitrogens with two attached hydrogens (primary N) is 1. The molecule has 0 aromatic heterocycles. The van der Waals surface area contributed by atoms with Gasteiger partial charge in [0, 0.05) is 11.0 Å². The van der Waals surface area contributed by atoms with Crippen molar-refractivity contribution in [1.29, 1.82) is 0 Å². The first kappa shape index (κ1) is 15.0. The van der Waals surface area contributed by atoms with Crippen molar-refractivity contribution in [1.82, 2.24) is 0 Å². The lowest BCUT2D eigenvalue weighted by atomic mass is 10.2. The maximum Gasteiger partial charge on any atom is 0.261 e. The molecule has 0 radical (unpaired) electrons. The van der Waals surface area contributed by atoms with E-state index in [0.717, 1.165) is 0 Å². The number of hydrogen-bond donors (Lipinski definition) is 2. The van der Waals surface area contributed by atoms with Crippen LogP contribution in [0.3, 0.4) is 0 Å². The first-order valence-corrected chi connectivity index (χ1v) is 7.97. The van der Waals surface area contributed by atoms with Crippen LogP contribution in [-0.4, -0.2) is 8.42 Å². The first-order chi connectivity index (χ1) is 9.42. The average Bonchev–Trinajstić information content (AvgIpc) is 2.42. The third kappa shape index (κ3) is 3.36. The monoisotopic (exact) mass is 358 g/mol. The van der Waals surface area contributed by atoms with E-state index in [0.29, 0.717) is 10.0 Å². The van der Waals surface area contributed by atoms with Gasteiger partial charge in [0.15, 0.2) is 0 Å². The molecule has 2 aromatic rings. The van der Waals surface area contributed by atoms with Gasteiger partial charge in [0.2, 0.25) is 0 Å². The molecule has 106 valence electrons. The fourth-order valence-corrected chi connectivity index (χ4v) is 3.35. The molecule has 4 nitrogen and oxygen atoms in total. The largest absolute Gasteiger partial charge is 0.326 e. The molecule has 0 aliphatic rings. The van der Waals surface area contributed by atoms with Gasteiger partial charge < -0.3 is 5.73 Å². The van der Waals surface area contributed by atoms with Crippen LogP contribution < -0.4 is 10.5 Å². The summed E-state index contributed by atoms with van der Waals surface area (Å²) in [6.45, 7) is 0.254. The van der Waals surface area contributed by atoms with Crippen LogP contribution >= 0.6 is 15.9 Å². The lowest BCUT2D eigenvalue weighted by molar-refractivity contribution is 0.600. The van der Waals surface area contributed by atoms with Crippen LogP contribution in [0.1, 0.15) is 5.56 Å². The summed E-state index contributed by atoms with van der Waals surface area (Å²) in [5.74, 6) is -0.454. The summed E-state index contributed by atoms with van der Waals surface area (Å²) in [4.78, 5) is 0.108. The highest BCUT2D eigenvalue weighted by Crippen LogP contribution is 2.26. The van der Waals surface area contributed by atoms with Crippen LogP contribution in [0.4, 0.5) is 10.1 Å². The molecule has 7 heteroatoms. The van der Waals surface area contributed by atoms with E-state index >= 15 is 0 Å². The van der Waals surface area contributed by atoms with Crippen LogP contribution in [0.5, 0.6) is 0 Å². The van der Waals surface area contributed by atoms with Crippen molar-refractivity contribution in [3.63, 3.8) is 0 Å². The number of sulfonamides is 1. The first-order valence-electron chi connectivity index (χ1n) is 5.69. The molecule has 0 unspecified atom stereocenters. The van der Waals surface area contributed by atoms with E-state index in [1.54, 1.807) is 12.1 Å². The highest BCUT2D eigenvalue weighted by molar-refractivity contribution is 9.10. The van der Waals surface area contributed by atoms with E-state index in [4.69, 9.17) is 5.73 Å². The summed E-state index contributed by atoms with van der Waals surface area (Å²) >= 11 is 3.11. The Morgan fingerprint density at radius 1 is 1.20 bits per heavy atom. The molecule has 0 heterocycles. The quantitative estimate of drug-likeness (QED) is 0.882. The molecule has 0 atom stereocenters. The minimum absolute atomic E-state index is 0.108. The van der Waals surface area contributed by atoms with E-state index < -0.39 is 15.8 Å². The lowest BCUT2D eigenvalue weighted by Crippen LogP contribution is -2.14. The maximum absolute atomic E-state index is 13.0. The van der Waals surface area contributed by atoms with Gasteiger partial charge in [-0.25, -0.2) is 12.8 Å². The Kier molecular flexibility index (Phi) is 4.42. The summed E-state index contributed by atoms with van der Waals surface area (Å²) in [6, 6.07) is 10.1. The van der Waals surface area contributed by atoms with Crippen molar-refractivity contribution in [2.75, 3.05) is 4.72 Å². The standard InChI is InChI=1S/C13H12BrFN2O2S/c14-12-7-10(15)4-5-13(12)17-20(18,19)11-3-1-2-9(6-11)8-16/h1-7,17H,8,16H2. The molecule has 0 saturated heterocycles. The molecular weight excluding hydrogens is 347 g/mol. The summed E-state index contributed by atoms with van der Waals surface area (Å²) in [5.41, 5.74) is 6.47. The Morgan fingerprint density at radius 3 is 2.60 bits per heavy atom. The number of anilines is 1. The second-order valence-corrected chi connectivity index (χ2v) is 6.62. The predicted octanol–water partition coefficient (Wildman–Crippen LogP) is 2.85. The molecule has 0 amide bonds. The zero-order valence-corrected chi connectivity index (χ0v) is 12.7. The van der Waals surface area contributed by atoms with E-state index in [-0.39, 0.29) is 17.1 Å². The van der Waals surface area contributed by atoms with Gasteiger partial charge >= 0.3 is 0 Å². The van der Waals surface area contributed by atoms with Gasteiger partial charge in [0.1, 0.15) is 5.82 Å². The topological polar surface area (TPSA) is 72.2 Å². The molecule has 0 saturated carbocycles. The molecule has 0 bridgehead atoms. The fourth-order valence-electron chi connectivity index (χ4n) is 1.62. The van der Waals surface area contributed by atoms with Gasteiger partial charge in [0.25, 0.3) is 10.0 Å². The van der Waals surface area contributed by atoms with Crippen LogP contribution in [-0.2, 0) is 16.6 Å². The maximum atomic E-state index is 13.0. The van der Waals surface area contributed by atoms with Gasteiger partial charge in [0.05, 0.1) is 10.6 Å². The number of nitrogens with one attached hydrogen (secondary N) is 1. The third-order valence-corrected chi connectivity index (χ3v) is 4.64. The fraction of sp³-hybridized carbons (Fsp3) is 0.0769. The number of rotatable bonds is 4. The summed E-state index contributed by atoms with van der Waals surface area (Å²) < 4.78 is 40.2. The molecule has 2 rings (SSSR count). The van der Waals surface area contributed by atoms with Crippen molar-refractivity contribution >= 4 is 31.6 Å². The van der Waals surface area contributed by atoms with Crippen LogP contribution in [0.15, 0.2) is 51.8 Å². The Labute approximate surface area is 125 Å². The van der Waals surface area contributed by atoms with E-state index in [1.165, 1.54) is 30.3 Å². The van der Waals surface area contributed by atoms with E-state index in [1.807, 2.05) is 0 Å². The van der Waals surface area contributed by atoms with Gasteiger partial charge in [-0.05, 0) is 51.8 Å². The highest BCUT2D eigenvalue weighted by atomic mass is 79.9. The molecule has 0 aliphatic carbocycles. The van der Waals surface area contributed by atoms with E-state index in [2.05, 4.69) is 20.7 Å². The molecular formula is C13H12BrFN2O2S. The zero-order valence-electron chi connectivity index (χ0n) is 10.3. The second kappa shape index (κ2) is 5.90. The summed E-state index contributed by atoms with van der Waals surface area (Å²) in [5, 5.41) is 0. The minimum Gasteiger partial charge on any atom is -0.326 e. The summed E-state index contributed by atoms with van der Waals surface area (Å²) in [6.07, 6.45) is 0. The second-order valence-electron chi connectivity index (χ2n) is 4.08. The van der Waals surface area contributed by atoms with Crippen molar-refractivity contribution in [3.8, 4) is 0 Å². The number of benzene rings is 2. The molecule has 20 heavy (non-hydrogen) atoms. The van der Waals surface area contributed by atoms with Gasteiger partial charge in [-0.2, -0.15) is 0 Å². The average molecular weight is 359 g/mol. The van der Waals surface area contributed by atoms with Crippen LogP contribution in [0, 0.1) is 5.82 Å². The van der Waals surface area contributed by atoms with Crippen LogP contribution in [0.25, 0.3) is 0 Å². The minimum atomic E-state index is -3.74. The summed E-state index contributed by atoms with van der Waals surface area (Å²) in [7, 11) is -3.74. The molecule has 0 spiro atoms. The van der Waals surface area contributed by atoms with Crippen molar-refractivity contribution in [3.05, 3.63) is 58.3 Å². The Morgan fingerprint density at radius 2 is 1.95 bits per heavy atom. The van der Waals surface area contributed by atoms with Gasteiger partial charge in [-0.3, -0.25) is 4.72 Å². The predicted molar refractivity (Wildman–Crippen MR) is 79.2 cm³/mol. The normalized spacial score (nSPS) is 11.3. The molecule has 0 aliphatic heterocycles. The highest BCUT2D eigenvalue weighted by Gasteiger charge is 2.16. The number of halogens is 2. The third-order valence-electron chi connectivity index (χ3n) is 2.62. The van der Waals surface area contributed by atoms with Crippen molar-refractivity contribution in [2.24, 2.45) is 5.73 Å². The molecule has 3 N–H and O–H groups in total. The van der Waals surface area contributed by atoms with Gasteiger partial charge in [-0.1, -0.05) is 12.1 Å².